The zero-order valence-electron chi connectivity index (χ0n) is 13.6. The van der Waals surface area contributed by atoms with Gasteiger partial charge in [0.15, 0.2) is 0 Å². The van der Waals surface area contributed by atoms with E-state index in [0.717, 1.165) is 37.2 Å². The average Bonchev–Trinajstić information content (AvgIpc) is 2.50. The van der Waals surface area contributed by atoms with E-state index < -0.39 is 0 Å². The van der Waals surface area contributed by atoms with Crippen molar-refractivity contribution >= 4 is 33.4 Å². The number of nitrogens with one attached hydrogen (secondary N) is 2. The lowest BCUT2D eigenvalue weighted by Crippen LogP contribution is -2.24. The quantitative estimate of drug-likeness (QED) is 0.306. The minimum atomic E-state index is -0.0230. The minimum Gasteiger partial charge on any atom is -0.352 e. The monoisotopic (exact) mass is 344 g/mol. The summed E-state index contributed by atoms with van der Waals surface area (Å²) in [6, 6.07) is 0. The molecule has 0 fully saturated rings. The van der Waals surface area contributed by atoms with Crippen molar-refractivity contribution in [1.29, 1.82) is 0 Å². The number of hydrogen-bond donors (Lipinski definition) is 2. The van der Waals surface area contributed by atoms with E-state index in [-0.39, 0.29) is 11.8 Å². The Kier molecular flexibility index (Phi) is 15.8. The van der Waals surface area contributed by atoms with Crippen LogP contribution in [-0.2, 0) is 9.59 Å². The van der Waals surface area contributed by atoms with E-state index in [9.17, 15) is 9.59 Å². The van der Waals surface area contributed by atoms with Gasteiger partial charge in [0, 0.05) is 24.6 Å². The lowest BCUT2D eigenvalue weighted by molar-refractivity contribution is -0.117. The fourth-order valence-corrected chi connectivity index (χ4v) is 3.20. The van der Waals surface area contributed by atoms with Crippen LogP contribution in [0.15, 0.2) is 24.3 Å². The second-order valence-electron chi connectivity index (χ2n) is 4.61. The first-order chi connectivity index (χ1) is 10.7. The fourth-order valence-electron chi connectivity index (χ4n) is 1.38. The molecule has 0 spiro atoms. The van der Waals surface area contributed by atoms with Crippen LogP contribution in [0.1, 0.15) is 39.5 Å². The predicted molar refractivity (Wildman–Crippen MR) is 99.0 cm³/mol. The first-order valence-corrected chi connectivity index (χ1v) is 10.3. The highest BCUT2D eigenvalue weighted by Crippen LogP contribution is 2.19. The van der Waals surface area contributed by atoms with Crippen molar-refractivity contribution in [1.82, 2.24) is 10.6 Å². The first kappa shape index (κ1) is 21.1. The SMILES string of the molecule is CCC/C=C/C(=O)NCCSSCCNC(=O)/C=C/CCC. The summed E-state index contributed by atoms with van der Waals surface area (Å²) in [7, 11) is 3.41. The highest BCUT2D eigenvalue weighted by Gasteiger charge is 1.97. The normalized spacial score (nSPS) is 11.2. The van der Waals surface area contributed by atoms with Crippen LogP contribution in [0.25, 0.3) is 0 Å². The zero-order chi connectivity index (χ0) is 16.5. The van der Waals surface area contributed by atoms with Gasteiger partial charge in [0.2, 0.25) is 11.8 Å². The fraction of sp³-hybridized carbons (Fsp3) is 0.625. The molecule has 0 rings (SSSR count). The highest BCUT2D eigenvalue weighted by molar-refractivity contribution is 8.76. The van der Waals surface area contributed by atoms with E-state index in [0.29, 0.717) is 13.1 Å². The van der Waals surface area contributed by atoms with E-state index in [1.807, 2.05) is 12.2 Å². The lowest BCUT2D eigenvalue weighted by Gasteiger charge is -2.03. The van der Waals surface area contributed by atoms with Crippen molar-refractivity contribution < 1.29 is 9.59 Å². The molecule has 0 saturated carbocycles. The highest BCUT2D eigenvalue weighted by atomic mass is 33.1. The summed E-state index contributed by atoms with van der Waals surface area (Å²) in [4.78, 5) is 22.7. The molecule has 0 aliphatic carbocycles. The van der Waals surface area contributed by atoms with Crippen LogP contribution in [0.4, 0.5) is 0 Å². The Morgan fingerprint density at radius 1 is 0.818 bits per heavy atom. The third kappa shape index (κ3) is 15.5. The molecule has 2 N–H and O–H groups in total. The zero-order valence-corrected chi connectivity index (χ0v) is 15.2. The summed E-state index contributed by atoms with van der Waals surface area (Å²) in [6.45, 7) is 5.50. The molecule has 0 aromatic heterocycles. The molecule has 0 unspecified atom stereocenters. The number of rotatable bonds is 13. The van der Waals surface area contributed by atoms with Gasteiger partial charge in [-0.25, -0.2) is 0 Å². The molecule has 0 heterocycles. The Morgan fingerprint density at radius 2 is 1.23 bits per heavy atom. The number of hydrogen-bond acceptors (Lipinski definition) is 4. The van der Waals surface area contributed by atoms with Crippen LogP contribution in [-0.4, -0.2) is 36.4 Å². The summed E-state index contributed by atoms with van der Waals surface area (Å²) >= 11 is 0. The maximum Gasteiger partial charge on any atom is 0.243 e. The van der Waals surface area contributed by atoms with E-state index in [1.54, 1.807) is 33.7 Å². The van der Waals surface area contributed by atoms with Gasteiger partial charge < -0.3 is 10.6 Å². The van der Waals surface area contributed by atoms with Gasteiger partial charge in [-0.1, -0.05) is 60.4 Å². The van der Waals surface area contributed by atoms with Crippen molar-refractivity contribution in [2.45, 2.75) is 39.5 Å². The van der Waals surface area contributed by atoms with Crippen molar-refractivity contribution in [3.05, 3.63) is 24.3 Å². The number of carbonyl (C=O) groups excluding carboxylic acids is 2. The second-order valence-corrected chi connectivity index (χ2v) is 7.31. The lowest BCUT2D eigenvalue weighted by atomic mass is 10.3. The summed E-state index contributed by atoms with van der Waals surface area (Å²) in [5, 5.41) is 5.68. The molecule has 0 aliphatic heterocycles. The smallest absolute Gasteiger partial charge is 0.243 e. The number of unbranched alkanes of at least 4 members (excludes halogenated alkanes) is 2. The van der Waals surface area contributed by atoms with E-state index in [1.165, 1.54) is 0 Å². The molecule has 4 nitrogen and oxygen atoms in total. The minimum absolute atomic E-state index is 0.0230. The van der Waals surface area contributed by atoms with Gasteiger partial charge in [0.05, 0.1) is 0 Å². The Morgan fingerprint density at radius 3 is 1.59 bits per heavy atom. The second kappa shape index (κ2) is 16.5. The molecule has 2 amide bonds. The predicted octanol–water partition coefficient (Wildman–Crippen LogP) is 3.31. The maximum absolute atomic E-state index is 11.4. The standard InChI is InChI=1S/C16H28N2O2S2/c1-3-5-7-9-15(19)17-11-13-21-22-14-12-18-16(20)10-8-6-4-2/h7-10H,3-6,11-14H2,1-2H3,(H,17,19)(H,18,20)/b9-7+,10-8+. The average molecular weight is 345 g/mol. The van der Waals surface area contributed by atoms with Crippen molar-refractivity contribution in [3.63, 3.8) is 0 Å². The van der Waals surface area contributed by atoms with Crippen LogP contribution < -0.4 is 10.6 Å². The van der Waals surface area contributed by atoms with Gasteiger partial charge in [-0.3, -0.25) is 9.59 Å². The van der Waals surface area contributed by atoms with Gasteiger partial charge >= 0.3 is 0 Å². The summed E-state index contributed by atoms with van der Waals surface area (Å²) in [6.07, 6.45) is 11.0. The van der Waals surface area contributed by atoms with Crippen LogP contribution >= 0.6 is 21.6 Å². The molecular weight excluding hydrogens is 316 g/mol. The maximum atomic E-state index is 11.4. The van der Waals surface area contributed by atoms with E-state index in [4.69, 9.17) is 0 Å². The molecule has 0 aromatic carbocycles. The van der Waals surface area contributed by atoms with Crippen LogP contribution in [0.2, 0.25) is 0 Å². The third-order valence-corrected chi connectivity index (χ3v) is 4.91. The van der Waals surface area contributed by atoms with Gasteiger partial charge in [0.25, 0.3) is 0 Å². The molecule has 0 saturated heterocycles. The number of amides is 2. The first-order valence-electron chi connectivity index (χ1n) is 7.83. The largest absolute Gasteiger partial charge is 0.352 e. The van der Waals surface area contributed by atoms with Gasteiger partial charge in [-0.2, -0.15) is 0 Å². The third-order valence-electron chi connectivity index (χ3n) is 2.50. The number of allylic oxidation sites excluding steroid dienone is 2. The Hall–Kier alpha value is -0.880. The molecule has 22 heavy (non-hydrogen) atoms. The molecule has 0 atom stereocenters. The van der Waals surface area contributed by atoms with Gasteiger partial charge in [-0.05, 0) is 25.0 Å². The number of carbonyl (C=O) groups is 2. The Balaban J connectivity index is 3.36. The van der Waals surface area contributed by atoms with Crippen molar-refractivity contribution in [2.75, 3.05) is 24.6 Å². The van der Waals surface area contributed by atoms with E-state index in [2.05, 4.69) is 24.5 Å². The van der Waals surface area contributed by atoms with E-state index >= 15 is 0 Å². The molecule has 0 aromatic rings. The van der Waals surface area contributed by atoms with Crippen molar-refractivity contribution in [3.8, 4) is 0 Å². The molecule has 0 aliphatic rings. The Bertz CT molecular complexity index is 324. The molecular formula is C16H28N2O2S2. The van der Waals surface area contributed by atoms with Crippen molar-refractivity contribution in [2.24, 2.45) is 0 Å². The van der Waals surface area contributed by atoms with Gasteiger partial charge in [-0.15, -0.1) is 0 Å². The van der Waals surface area contributed by atoms with Gasteiger partial charge in [0.1, 0.15) is 0 Å². The topological polar surface area (TPSA) is 58.2 Å². The summed E-state index contributed by atoms with van der Waals surface area (Å²) in [5.74, 6) is 1.68. The van der Waals surface area contributed by atoms with Crippen LogP contribution in [0.3, 0.4) is 0 Å². The summed E-state index contributed by atoms with van der Waals surface area (Å²) < 4.78 is 0. The molecule has 126 valence electrons. The molecule has 6 heteroatoms. The molecule has 0 bridgehead atoms. The molecule has 0 radical (unpaired) electrons. The Labute approximate surface area is 142 Å². The summed E-state index contributed by atoms with van der Waals surface area (Å²) in [5.41, 5.74) is 0. The van der Waals surface area contributed by atoms with Crippen LogP contribution in [0.5, 0.6) is 0 Å². The van der Waals surface area contributed by atoms with Crippen LogP contribution in [0, 0.1) is 0 Å².